The van der Waals surface area contributed by atoms with Gasteiger partial charge >= 0.3 is 0 Å². The lowest BCUT2D eigenvalue weighted by molar-refractivity contribution is 0.160. The Morgan fingerprint density at radius 1 is 1.21 bits per heavy atom. The number of rotatable bonds is 2. The van der Waals surface area contributed by atoms with Crippen molar-refractivity contribution in [3.63, 3.8) is 0 Å². The van der Waals surface area contributed by atoms with Crippen LogP contribution in [0.3, 0.4) is 0 Å². The molecular weight excluding hydrogens is 234 g/mol. The van der Waals surface area contributed by atoms with Crippen molar-refractivity contribution in [2.75, 3.05) is 25.0 Å². The number of benzene rings is 1. The van der Waals surface area contributed by atoms with Crippen molar-refractivity contribution in [3.05, 3.63) is 29.3 Å². The maximum absolute atomic E-state index is 8.97. The van der Waals surface area contributed by atoms with Crippen LogP contribution >= 0.6 is 0 Å². The smallest absolute Gasteiger partial charge is 0.0638 e. The van der Waals surface area contributed by atoms with Gasteiger partial charge in [-0.1, -0.05) is 6.07 Å². The third-order valence-electron chi connectivity index (χ3n) is 4.09. The van der Waals surface area contributed by atoms with E-state index in [0.29, 0.717) is 18.5 Å². The number of anilines is 1. The van der Waals surface area contributed by atoms with Gasteiger partial charge in [0, 0.05) is 30.9 Å². The third kappa shape index (κ3) is 3.08. The second-order valence-electron chi connectivity index (χ2n) is 5.78. The van der Waals surface area contributed by atoms with E-state index in [0.717, 1.165) is 13.1 Å². The lowest BCUT2D eigenvalue weighted by Crippen LogP contribution is -2.56. The van der Waals surface area contributed by atoms with Gasteiger partial charge < -0.3 is 4.90 Å². The lowest BCUT2D eigenvalue weighted by Gasteiger charge is -2.44. The predicted octanol–water partition coefficient (Wildman–Crippen LogP) is 2.73. The minimum Gasteiger partial charge on any atom is -0.368 e. The summed E-state index contributed by atoms with van der Waals surface area (Å²) in [6.07, 6.45) is 0.599. The van der Waals surface area contributed by atoms with Crippen molar-refractivity contribution in [2.24, 2.45) is 0 Å². The highest BCUT2D eigenvalue weighted by Crippen LogP contribution is 2.24. The van der Waals surface area contributed by atoms with Gasteiger partial charge in [-0.05, 0) is 51.1 Å². The Labute approximate surface area is 116 Å². The molecule has 0 spiro atoms. The highest BCUT2D eigenvalue weighted by molar-refractivity contribution is 5.51. The monoisotopic (exact) mass is 257 g/mol. The summed E-state index contributed by atoms with van der Waals surface area (Å²) in [5.74, 6) is 0. The Morgan fingerprint density at radius 2 is 1.84 bits per heavy atom. The van der Waals surface area contributed by atoms with Crippen molar-refractivity contribution < 1.29 is 0 Å². The Balaban J connectivity index is 2.23. The first kappa shape index (κ1) is 13.9. The number of likely N-dealkylation sites (N-methyl/N-ethyl adjacent to an activating group) is 1. The average molecular weight is 257 g/mol. The Morgan fingerprint density at radius 3 is 2.42 bits per heavy atom. The van der Waals surface area contributed by atoms with Crippen LogP contribution in [-0.4, -0.2) is 37.1 Å². The highest BCUT2D eigenvalue weighted by atomic mass is 15.3. The average Bonchev–Trinajstić information content (AvgIpc) is 2.33. The largest absolute Gasteiger partial charge is 0.368 e. The van der Waals surface area contributed by atoms with Gasteiger partial charge in [-0.25, -0.2) is 0 Å². The van der Waals surface area contributed by atoms with E-state index in [1.165, 1.54) is 16.8 Å². The predicted molar refractivity (Wildman–Crippen MR) is 79.4 cm³/mol. The van der Waals surface area contributed by atoms with Crippen LogP contribution in [0.25, 0.3) is 0 Å². The van der Waals surface area contributed by atoms with Crippen LogP contribution in [0.2, 0.25) is 0 Å². The Hall–Kier alpha value is -1.53. The van der Waals surface area contributed by atoms with Crippen molar-refractivity contribution in [3.8, 4) is 6.07 Å². The van der Waals surface area contributed by atoms with Gasteiger partial charge in [0.1, 0.15) is 0 Å². The second kappa shape index (κ2) is 5.63. The zero-order chi connectivity index (χ0) is 14.0. The summed E-state index contributed by atoms with van der Waals surface area (Å²) in [5.41, 5.74) is 3.90. The van der Waals surface area contributed by atoms with E-state index in [1.807, 2.05) is 0 Å². The van der Waals surface area contributed by atoms with E-state index in [2.05, 4.69) is 61.9 Å². The summed E-state index contributed by atoms with van der Waals surface area (Å²) >= 11 is 0. The molecule has 1 aromatic carbocycles. The van der Waals surface area contributed by atoms with Gasteiger partial charge in [-0.15, -0.1) is 0 Å². The Bertz CT molecular complexity index is 469. The van der Waals surface area contributed by atoms with Crippen LogP contribution in [0, 0.1) is 25.2 Å². The normalized spacial score (nSPS) is 24.3. The van der Waals surface area contributed by atoms with Crippen molar-refractivity contribution in [1.82, 2.24) is 4.90 Å². The molecule has 3 nitrogen and oxygen atoms in total. The van der Waals surface area contributed by atoms with Crippen LogP contribution in [0.5, 0.6) is 0 Å². The molecule has 0 saturated carbocycles. The van der Waals surface area contributed by atoms with Gasteiger partial charge in [0.15, 0.2) is 0 Å². The summed E-state index contributed by atoms with van der Waals surface area (Å²) in [7, 11) is 2.13. The second-order valence-corrected chi connectivity index (χ2v) is 5.78. The van der Waals surface area contributed by atoms with Crippen LogP contribution in [0.4, 0.5) is 5.69 Å². The number of piperazine rings is 1. The van der Waals surface area contributed by atoms with Crippen molar-refractivity contribution >= 4 is 5.69 Å². The third-order valence-corrected chi connectivity index (χ3v) is 4.09. The summed E-state index contributed by atoms with van der Waals surface area (Å²) in [6, 6.07) is 9.82. The summed E-state index contributed by atoms with van der Waals surface area (Å²) in [5, 5.41) is 8.97. The number of nitriles is 1. The molecule has 2 atom stereocenters. The van der Waals surface area contributed by atoms with E-state index < -0.39 is 0 Å². The minimum absolute atomic E-state index is 0.328. The zero-order valence-corrected chi connectivity index (χ0v) is 12.3. The van der Waals surface area contributed by atoms with E-state index in [4.69, 9.17) is 5.26 Å². The molecule has 19 heavy (non-hydrogen) atoms. The van der Waals surface area contributed by atoms with Gasteiger partial charge in [-0.2, -0.15) is 5.26 Å². The SMILES string of the molecule is Cc1cc(C)cc(N2CC(C)N(C)C(CC#N)C2)c1. The first-order valence-electron chi connectivity index (χ1n) is 6.93. The molecule has 0 bridgehead atoms. The fourth-order valence-corrected chi connectivity index (χ4v) is 2.92. The number of nitrogens with zero attached hydrogens (tertiary/aromatic N) is 3. The molecule has 3 heteroatoms. The fourth-order valence-electron chi connectivity index (χ4n) is 2.92. The summed E-state index contributed by atoms with van der Waals surface area (Å²) < 4.78 is 0. The fraction of sp³-hybridized carbons (Fsp3) is 0.562. The van der Waals surface area contributed by atoms with Crippen LogP contribution in [-0.2, 0) is 0 Å². The van der Waals surface area contributed by atoms with E-state index in [9.17, 15) is 0 Å². The van der Waals surface area contributed by atoms with Gasteiger partial charge in [0.2, 0.25) is 0 Å². The maximum atomic E-state index is 8.97. The van der Waals surface area contributed by atoms with Crippen LogP contribution in [0.1, 0.15) is 24.5 Å². The molecule has 1 aromatic rings. The summed E-state index contributed by atoms with van der Waals surface area (Å²) in [4.78, 5) is 4.76. The first-order chi connectivity index (χ1) is 9.01. The molecule has 2 rings (SSSR count). The molecule has 0 aliphatic carbocycles. The van der Waals surface area contributed by atoms with E-state index >= 15 is 0 Å². The molecule has 0 aromatic heterocycles. The Kier molecular flexibility index (Phi) is 4.11. The van der Waals surface area contributed by atoms with Gasteiger partial charge in [0.25, 0.3) is 0 Å². The first-order valence-corrected chi connectivity index (χ1v) is 6.93. The lowest BCUT2D eigenvalue weighted by atomic mass is 10.0. The number of hydrogen-bond acceptors (Lipinski definition) is 3. The number of aryl methyl sites for hydroxylation is 2. The van der Waals surface area contributed by atoms with E-state index in [1.54, 1.807) is 0 Å². The van der Waals surface area contributed by atoms with Crippen molar-refractivity contribution in [2.45, 2.75) is 39.3 Å². The summed E-state index contributed by atoms with van der Waals surface area (Å²) in [6.45, 7) is 8.49. The van der Waals surface area contributed by atoms with Crippen LogP contribution < -0.4 is 4.90 Å². The highest BCUT2D eigenvalue weighted by Gasteiger charge is 2.29. The molecule has 1 saturated heterocycles. The van der Waals surface area contributed by atoms with Gasteiger partial charge in [-0.3, -0.25) is 4.90 Å². The van der Waals surface area contributed by atoms with Crippen LogP contribution in [0.15, 0.2) is 18.2 Å². The molecular formula is C16H23N3. The quantitative estimate of drug-likeness (QED) is 0.816. The molecule has 102 valence electrons. The molecule has 1 heterocycles. The van der Waals surface area contributed by atoms with E-state index in [-0.39, 0.29) is 0 Å². The topological polar surface area (TPSA) is 30.3 Å². The molecule has 1 aliphatic rings. The van der Waals surface area contributed by atoms with Crippen molar-refractivity contribution in [1.29, 1.82) is 5.26 Å². The molecule has 1 fully saturated rings. The number of hydrogen-bond donors (Lipinski definition) is 0. The van der Waals surface area contributed by atoms with Gasteiger partial charge in [0.05, 0.1) is 12.5 Å². The zero-order valence-electron chi connectivity index (χ0n) is 12.3. The maximum Gasteiger partial charge on any atom is 0.0638 e. The molecule has 1 aliphatic heterocycles. The minimum atomic E-state index is 0.328. The molecule has 0 radical (unpaired) electrons. The molecule has 2 unspecified atom stereocenters. The molecule has 0 N–H and O–H groups in total. The molecule has 0 amide bonds. The standard InChI is InChI=1S/C16H23N3/c1-12-7-13(2)9-16(8-12)19-10-14(3)18(4)15(11-19)5-6-17/h7-9,14-15H,5,10-11H2,1-4H3.